The quantitative estimate of drug-likeness (QED) is 0.812. The SMILES string of the molecule is Cc1cc(O)ccc1NC(=O)Cc1ccccc1. The van der Waals surface area contributed by atoms with Gasteiger partial charge in [0.15, 0.2) is 0 Å². The molecule has 2 rings (SSSR count). The van der Waals surface area contributed by atoms with Crippen LogP contribution in [-0.2, 0) is 11.2 Å². The summed E-state index contributed by atoms with van der Waals surface area (Å²) in [6.07, 6.45) is 0.348. The van der Waals surface area contributed by atoms with Gasteiger partial charge in [-0.15, -0.1) is 0 Å². The highest BCUT2D eigenvalue weighted by Gasteiger charge is 2.06. The number of phenolic OH excluding ortho intramolecular Hbond substituents is 1. The highest BCUT2D eigenvalue weighted by atomic mass is 16.3. The molecule has 2 N–H and O–H groups in total. The maximum absolute atomic E-state index is 11.8. The van der Waals surface area contributed by atoms with Gasteiger partial charge in [0.2, 0.25) is 5.91 Å². The summed E-state index contributed by atoms with van der Waals surface area (Å²) in [5.41, 5.74) is 2.55. The van der Waals surface area contributed by atoms with Gasteiger partial charge in [-0.05, 0) is 36.2 Å². The third kappa shape index (κ3) is 3.10. The Hall–Kier alpha value is -2.29. The van der Waals surface area contributed by atoms with Crippen molar-refractivity contribution in [3.63, 3.8) is 0 Å². The van der Waals surface area contributed by atoms with Crippen LogP contribution in [-0.4, -0.2) is 11.0 Å². The average Bonchev–Trinajstić information content (AvgIpc) is 2.34. The molecule has 3 nitrogen and oxygen atoms in total. The van der Waals surface area contributed by atoms with Gasteiger partial charge < -0.3 is 10.4 Å². The number of carbonyl (C=O) groups is 1. The molecule has 92 valence electrons. The van der Waals surface area contributed by atoms with Crippen molar-refractivity contribution >= 4 is 11.6 Å². The van der Waals surface area contributed by atoms with Gasteiger partial charge in [0.25, 0.3) is 0 Å². The third-order valence-corrected chi connectivity index (χ3v) is 2.69. The molecule has 0 aliphatic heterocycles. The highest BCUT2D eigenvalue weighted by Crippen LogP contribution is 2.20. The zero-order valence-corrected chi connectivity index (χ0v) is 10.2. The summed E-state index contributed by atoms with van der Waals surface area (Å²) < 4.78 is 0. The van der Waals surface area contributed by atoms with Gasteiger partial charge in [0.1, 0.15) is 5.75 Å². The Morgan fingerprint density at radius 3 is 2.56 bits per heavy atom. The number of anilines is 1. The van der Waals surface area contributed by atoms with Crippen molar-refractivity contribution in [3.8, 4) is 5.75 Å². The molecular weight excluding hydrogens is 226 g/mol. The van der Waals surface area contributed by atoms with E-state index in [1.54, 1.807) is 18.2 Å². The molecule has 0 heterocycles. The highest BCUT2D eigenvalue weighted by molar-refractivity contribution is 5.93. The molecule has 0 radical (unpaired) electrons. The van der Waals surface area contributed by atoms with E-state index >= 15 is 0 Å². The van der Waals surface area contributed by atoms with Crippen LogP contribution in [0.15, 0.2) is 48.5 Å². The van der Waals surface area contributed by atoms with E-state index < -0.39 is 0 Å². The number of aromatic hydroxyl groups is 1. The summed E-state index contributed by atoms with van der Waals surface area (Å²) in [6, 6.07) is 14.5. The van der Waals surface area contributed by atoms with Gasteiger partial charge in [0.05, 0.1) is 6.42 Å². The molecule has 0 fully saturated rings. The minimum atomic E-state index is -0.0602. The van der Waals surface area contributed by atoms with E-state index in [1.807, 2.05) is 37.3 Å². The smallest absolute Gasteiger partial charge is 0.228 e. The lowest BCUT2D eigenvalue weighted by Gasteiger charge is -2.08. The largest absolute Gasteiger partial charge is 0.508 e. The van der Waals surface area contributed by atoms with Crippen LogP contribution in [0, 0.1) is 6.92 Å². The number of aryl methyl sites for hydroxylation is 1. The molecule has 18 heavy (non-hydrogen) atoms. The molecule has 0 saturated carbocycles. The molecule has 0 saturated heterocycles. The molecular formula is C15H15NO2. The minimum absolute atomic E-state index is 0.0602. The minimum Gasteiger partial charge on any atom is -0.508 e. The fourth-order valence-corrected chi connectivity index (χ4v) is 1.76. The van der Waals surface area contributed by atoms with Gasteiger partial charge >= 0.3 is 0 Å². The fourth-order valence-electron chi connectivity index (χ4n) is 1.76. The molecule has 0 aliphatic rings. The predicted octanol–water partition coefficient (Wildman–Crippen LogP) is 2.88. The number of amides is 1. The van der Waals surface area contributed by atoms with Gasteiger partial charge in [-0.25, -0.2) is 0 Å². The Morgan fingerprint density at radius 1 is 1.17 bits per heavy atom. The molecule has 3 heteroatoms. The Labute approximate surface area is 106 Å². The second-order valence-corrected chi connectivity index (χ2v) is 4.21. The van der Waals surface area contributed by atoms with Crippen LogP contribution in [0.3, 0.4) is 0 Å². The zero-order chi connectivity index (χ0) is 13.0. The summed E-state index contributed by atoms with van der Waals surface area (Å²) in [5, 5.41) is 12.1. The summed E-state index contributed by atoms with van der Waals surface area (Å²) in [5.74, 6) is 0.142. The van der Waals surface area contributed by atoms with Crippen LogP contribution in [0.4, 0.5) is 5.69 Å². The first kappa shape index (κ1) is 12.2. The Bertz CT molecular complexity index is 550. The van der Waals surface area contributed by atoms with E-state index in [4.69, 9.17) is 0 Å². The second kappa shape index (κ2) is 5.36. The molecule has 0 spiro atoms. The monoisotopic (exact) mass is 241 g/mol. The number of carbonyl (C=O) groups excluding carboxylic acids is 1. The van der Waals surface area contributed by atoms with E-state index in [2.05, 4.69) is 5.32 Å². The Balaban J connectivity index is 2.03. The van der Waals surface area contributed by atoms with Gasteiger partial charge in [-0.1, -0.05) is 30.3 Å². The number of hydrogen-bond donors (Lipinski definition) is 2. The van der Waals surface area contributed by atoms with Gasteiger partial charge in [-0.2, -0.15) is 0 Å². The van der Waals surface area contributed by atoms with Crippen LogP contribution in [0.5, 0.6) is 5.75 Å². The van der Waals surface area contributed by atoms with E-state index in [0.717, 1.165) is 16.8 Å². The lowest BCUT2D eigenvalue weighted by Crippen LogP contribution is -2.14. The summed E-state index contributed by atoms with van der Waals surface area (Å²) in [4.78, 5) is 11.8. The van der Waals surface area contributed by atoms with Crippen LogP contribution in [0.1, 0.15) is 11.1 Å². The van der Waals surface area contributed by atoms with E-state index in [9.17, 15) is 9.90 Å². The van der Waals surface area contributed by atoms with E-state index in [-0.39, 0.29) is 11.7 Å². The maximum Gasteiger partial charge on any atom is 0.228 e. The van der Waals surface area contributed by atoms with Crippen LogP contribution < -0.4 is 5.32 Å². The number of hydrogen-bond acceptors (Lipinski definition) is 2. The van der Waals surface area contributed by atoms with Crippen LogP contribution in [0.25, 0.3) is 0 Å². The molecule has 2 aromatic rings. The van der Waals surface area contributed by atoms with E-state index in [0.29, 0.717) is 6.42 Å². The second-order valence-electron chi connectivity index (χ2n) is 4.21. The normalized spacial score (nSPS) is 10.1. The van der Waals surface area contributed by atoms with Crippen LogP contribution in [0.2, 0.25) is 0 Å². The predicted molar refractivity (Wildman–Crippen MR) is 71.6 cm³/mol. The van der Waals surface area contributed by atoms with Crippen molar-refractivity contribution < 1.29 is 9.90 Å². The van der Waals surface area contributed by atoms with E-state index in [1.165, 1.54) is 0 Å². The maximum atomic E-state index is 11.8. The molecule has 0 aliphatic carbocycles. The number of benzene rings is 2. The molecule has 0 atom stereocenters. The summed E-state index contributed by atoms with van der Waals surface area (Å²) in [6.45, 7) is 1.85. The molecule has 1 amide bonds. The summed E-state index contributed by atoms with van der Waals surface area (Å²) >= 11 is 0. The zero-order valence-electron chi connectivity index (χ0n) is 10.2. The first-order chi connectivity index (χ1) is 8.65. The molecule has 2 aromatic carbocycles. The Morgan fingerprint density at radius 2 is 1.89 bits per heavy atom. The van der Waals surface area contributed by atoms with Gasteiger partial charge in [0, 0.05) is 5.69 Å². The number of nitrogens with one attached hydrogen (secondary N) is 1. The molecule has 0 bridgehead atoms. The molecule has 0 unspecified atom stereocenters. The first-order valence-corrected chi connectivity index (χ1v) is 5.78. The lowest BCUT2D eigenvalue weighted by atomic mass is 10.1. The lowest BCUT2D eigenvalue weighted by molar-refractivity contribution is -0.115. The van der Waals surface area contributed by atoms with Crippen molar-refractivity contribution in [1.82, 2.24) is 0 Å². The van der Waals surface area contributed by atoms with Crippen molar-refractivity contribution in [1.29, 1.82) is 0 Å². The first-order valence-electron chi connectivity index (χ1n) is 5.78. The van der Waals surface area contributed by atoms with Crippen molar-refractivity contribution in [2.24, 2.45) is 0 Å². The van der Waals surface area contributed by atoms with Crippen LogP contribution >= 0.6 is 0 Å². The standard InChI is InChI=1S/C15H15NO2/c1-11-9-13(17)7-8-14(11)16-15(18)10-12-5-3-2-4-6-12/h2-9,17H,10H2,1H3,(H,16,18). The Kier molecular flexibility index (Phi) is 3.63. The summed E-state index contributed by atoms with van der Waals surface area (Å²) in [7, 11) is 0. The van der Waals surface area contributed by atoms with Crippen molar-refractivity contribution in [2.75, 3.05) is 5.32 Å². The number of rotatable bonds is 3. The molecule has 0 aromatic heterocycles. The van der Waals surface area contributed by atoms with Crippen molar-refractivity contribution in [3.05, 3.63) is 59.7 Å². The average molecular weight is 241 g/mol. The number of phenols is 1. The van der Waals surface area contributed by atoms with Crippen molar-refractivity contribution in [2.45, 2.75) is 13.3 Å². The fraction of sp³-hybridized carbons (Fsp3) is 0.133. The third-order valence-electron chi connectivity index (χ3n) is 2.69. The van der Waals surface area contributed by atoms with Gasteiger partial charge in [-0.3, -0.25) is 4.79 Å². The topological polar surface area (TPSA) is 49.3 Å².